The third-order valence-electron chi connectivity index (χ3n) is 4.21. The van der Waals surface area contributed by atoms with Crippen molar-refractivity contribution >= 4 is 50.7 Å². The summed E-state index contributed by atoms with van der Waals surface area (Å²) in [5.74, 6) is -0.248. The second kappa shape index (κ2) is 10.9. The SMILES string of the molecule is CS(C)=O.O=C(Nc1ccccc1)Nc1cccc2cc(C(=O)Nc3ccccc3)[nH]c12. The number of anilines is 3. The van der Waals surface area contributed by atoms with E-state index < -0.39 is 10.8 Å². The van der Waals surface area contributed by atoms with Crippen molar-refractivity contribution in [1.82, 2.24) is 4.98 Å². The maximum Gasteiger partial charge on any atom is 0.323 e. The number of aromatic amines is 1. The molecule has 164 valence electrons. The van der Waals surface area contributed by atoms with Gasteiger partial charge in [-0.3, -0.25) is 9.00 Å². The summed E-state index contributed by atoms with van der Waals surface area (Å²) in [5.41, 5.74) is 3.10. The number of fused-ring (bicyclic) bond motifs is 1. The first-order chi connectivity index (χ1) is 15.4. The van der Waals surface area contributed by atoms with Crippen molar-refractivity contribution in [3.63, 3.8) is 0 Å². The molecule has 4 aromatic rings. The van der Waals surface area contributed by atoms with E-state index in [1.807, 2.05) is 60.7 Å². The average Bonchev–Trinajstić information content (AvgIpc) is 3.20. The lowest BCUT2D eigenvalue weighted by Gasteiger charge is -2.08. The Labute approximate surface area is 188 Å². The predicted molar refractivity (Wildman–Crippen MR) is 132 cm³/mol. The number of rotatable bonds is 4. The highest BCUT2D eigenvalue weighted by atomic mass is 32.2. The van der Waals surface area contributed by atoms with Crippen molar-refractivity contribution < 1.29 is 13.8 Å². The summed E-state index contributed by atoms with van der Waals surface area (Å²) in [6.45, 7) is 0. The highest BCUT2D eigenvalue weighted by Gasteiger charge is 2.13. The summed E-state index contributed by atoms with van der Waals surface area (Å²) >= 11 is 0. The molecular formula is C24H24N4O3S. The minimum atomic E-state index is -0.611. The first-order valence-electron chi connectivity index (χ1n) is 9.78. The quantitative estimate of drug-likeness (QED) is 0.351. The zero-order valence-electron chi connectivity index (χ0n) is 17.7. The lowest BCUT2D eigenvalue weighted by molar-refractivity contribution is 0.102. The van der Waals surface area contributed by atoms with Crippen LogP contribution < -0.4 is 16.0 Å². The number of benzene rings is 3. The number of aromatic nitrogens is 1. The van der Waals surface area contributed by atoms with E-state index in [0.717, 1.165) is 5.39 Å². The topological polar surface area (TPSA) is 103 Å². The van der Waals surface area contributed by atoms with Gasteiger partial charge in [-0.05, 0) is 36.4 Å². The van der Waals surface area contributed by atoms with Gasteiger partial charge in [0.2, 0.25) is 0 Å². The van der Waals surface area contributed by atoms with Gasteiger partial charge in [-0.1, -0.05) is 48.5 Å². The number of carbonyl (C=O) groups excluding carboxylic acids is 2. The molecule has 0 aliphatic carbocycles. The van der Waals surface area contributed by atoms with Gasteiger partial charge in [0, 0.05) is 40.1 Å². The van der Waals surface area contributed by atoms with Crippen molar-refractivity contribution in [2.24, 2.45) is 0 Å². The van der Waals surface area contributed by atoms with Crippen LogP contribution in [0.4, 0.5) is 21.9 Å². The molecule has 7 nitrogen and oxygen atoms in total. The van der Waals surface area contributed by atoms with E-state index >= 15 is 0 Å². The van der Waals surface area contributed by atoms with Gasteiger partial charge >= 0.3 is 6.03 Å². The molecule has 8 heteroatoms. The Kier molecular flexibility index (Phi) is 7.77. The summed E-state index contributed by atoms with van der Waals surface area (Å²) < 4.78 is 9.56. The van der Waals surface area contributed by atoms with E-state index in [9.17, 15) is 13.8 Å². The Morgan fingerprint density at radius 3 is 1.91 bits per heavy atom. The van der Waals surface area contributed by atoms with Crippen LogP contribution in [0.15, 0.2) is 84.9 Å². The number of nitrogens with one attached hydrogen (secondary N) is 4. The van der Waals surface area contributed by atoms with E-state index in [2.05, 4.69) is 20.9 Å². The van der Waals surface area contributed by atoms with Gasteiger partial charge in [-0.2, -0.15) is 0 Å². The van der Waals surface area contributed by atoms with Gasteiger partial charge in [0.05, 0.1) is 11.2 Å². The van der Waals surface area contributed by atoms with Gasteiger partial charge in [0.15, 0.2) is 0 Å². The number of hydrogen-bond donors (Lipinski definition) is 4. The molecule has 0 radical (unpaired) electrons. The molecule has 1 aromatic heterocycles. The van der Waals surface area contributed by atoms with Crippen molar-refractivity contribution in [2.45, 2.75) is 0 Å². The Morgan fingerprint density at radius 1 is 0.750 bits per heavy atom. The van der Waals surface area contributed by atoms with Crippen LogP contribution in [-0.4, -0.2) is 33.6 Å². The minimum Gasteiger partial charge on any atom is -0.349 e. The third kappa shape index (κ3) is 6.55. The molecule has 0 fully saturated rings. The lowest BCUT2D eigenvalue weighted by atomic mass is 10.2. The standard InChI is InChI=1S/C22H18N4O2.C2H6OS/c27-21(23-16-9-3-1-4-10-16)19-14-15-8-7-13-18(20(15)25-19)26-22(28)24-17-11-5-2-6-12-17;1-4(2)3/h1-14,25H,(H,23,27)(H2,24,26,28);1-2H3. The lowest BCUT2D eigenvalue weighted by Crippen LogP contribution is -2.19. The molecule has 3 aromatic carbocycles. The van der Waals surface area contributed by atoms with E-state index in [-0.39, 0.29) is 11.9 Å². The second-order valence-corrected chi connectivity index (χ2v) is 8.44. The Bertz CT molecular complexity index is 1220. The highest BCUT2D eigenvalue weighted by Crippen LogP contribution is 2.24. The van der Waals surface area contributed by atoms with Crippen LogP contribution in [0.1, 0.15) is 10.5 Å². The largest absolute Gasteiger partial charge is 0.349 e. The molecule has 0 spiro atoms. The second-order valence-electron chi connectivity index (χ2n) is 6.96. The molecule has 0 unspecified atom stereocenters. The molecule has 4 rings (SSSR count). The number of amides is 3. The summed E-state index contributed by atoms with van der Waals surface area (Å²) in [6, 6.07) is 25.3. The summed E-state index contributed by atoms with van der Waals surface area (Å²) in [7, 11) is -0.611. The Balaban J connectivity index is 0.000000668. The molecule has 0 atom stereocenters. The van der Waals surface area contributed by atoms with Gasteiger partial charge in [-0.15, -0.1) is 0 Å². The summed E-state index contributed by atoms with van der Waals surface area (Å²) in [4.78, 5) is 27.9. The smallest absolute Gasteiger partial charge is 0.323 e. The maximum absolute atomic E-state index is 12.5. The molecule has 0 bridgehead atoms. The monoisotopic (exact) mass is 448 g/mol. The normalized spacial score (nSPS) is 10.2. The number of carbonyl (C=O) groups is 2. The van der Waals surface area contributed by atoms with Crippen LogP contribution in [0, 0.1) is 0 Å². The van der Waals surface area contributed by atoms with Crippen molar-refractivity contribution in [2.75, 3.05) is 28.5 Å². The molecule has 32 heavy (non-hydrogen) atoms. The Morgan fingerprint density at radius 2 is 1.31 bits per heavy atom. The van der Waals surface area contributed by atoms with Gasteiger partial charge in [0.1, 0.15) is 5.69 Å². The Hall–Kier alpha value is -3.91. The van der Waals surface area contributed by atoms with E-state index in [0.29, 0.717) is 28.3 Å². The van der Waals surface area contributed by atoms with E-state index in [1.165, 1.54) is 0 Å². The van der Waals surface area contributed by atoms with Crippen LogP contribution in [0.25, 0.3) is 10.9 Å². The fraction of sp³-hybridized carbons (Fsp3) is 0.0833. The van der Waals surface area contributed by atoms with Crippen LogP contribution >= 0.6 is 0 Å². The molecule has 0 saturated carbocycles. The summed E-state index contributed by atoms with van der Waals surface area (Å²) in [6.07, 6.45) is 3.28. The number of para-hydroxylation sites is 3. The van der Waals surface area contributed by atoms with Gasteiger partial charge < -0.3 is 20.9 Å². The molecule has 0 aliphatic rings. The van der Waals surface area contributed by atoms with Gasteiger partial charge in [-0.25, -0.2) is 4.79 Å². The van der Waals surface area contributed by atoms with Crippen molar-refractivity contribution in [1.29, 1.82) is 0 Å². The van der Waals surface area contributed by atoms with Crippen LogP contribution in [0.3, 0.4) is 0 Å². The molecule has 1 heterocycles. The highest BCUT2D eigenvalue weighted by molar-refractivity contribution is 7.83. The van der Waals surface area contributed by atoms with Crippen LogP contribution in [-0.2, 0) is 10.8 Å². The molecule has 4 N–H and O–H groups in total. The molecule has 0 aliphatic heterocycles. The summed E-state index contributed by atoms with van der Waals surface area (Å²) in [5, 5.41) is 9.27. The van der Waals surface area contributed by atoms with Crippen LogP contribution in [0.2, 0.25) is 0 Å². The van der Waals surface area contributed by atoms with E-state index in [1.54, 1.807) is 36.8 Å². The van der Waals surface area contributed by atoms with Crippen LogP contribution in [0.5, 0.6) is 0 Å². The minimum absolute atomic E-state index is 0.248. The first-order valence-corrected chi connectivity index (χ1v) is 11.8. The first kappa shape index (κ1) is 22.8. The van der Waals surface area contributed by atoms with Crippen molar-refractivity contribution in [3.05, 3.63) is 90.6 Å². The molecule has 3 amide bonds. The fourth-order valence-corrected chi connectivity index (χ4v) is 2.91. The number of urea groups is 1. The van der Waals surface area contributed by atoms with Crippen molar-refractivity contribution in [3.8, 4) is 0 Å². The number of hydrogen-bond acceptors (Lipinski definition) is 3. The third-order valence-corrected chi connectivity index (χ3v) is 4.21. The zero-order valence-corrected chi connectivity index (χ0v) is 18.5. The zero-order chi connectivity index (χ0) is 22.9. The average molecular weight is 449 g/mol. The molecule has 0 saturated heterocycles. The maximum atomic E-state index is 12.5. The predicted octanol–water partition coefficient (Wildman–Crippen LogP) is 5.06. The fourth-order valence-electron chi connectivity index (χ4n) is 2.91. The number of H-pyrrole nitrogens is 1. The molecular weight excluding hydrogens is 424 g/mol. The van der Waals surface area contributed by atoms with Gasteiger partial charge in [0.25, 0.3) is 5.91 Å². The van der Waals surface area contributed by atoms with E-state index in [4.69, 9.17) is 0 Å².